The van der Waals surface area contributed by atoms with Crippen LogP contribution in [0.5, 0.6) is 0 Å². The molecule has 5 nitrogen and oxygen atoms in total. The first-order valence-corrected chi connectivity index (χ1v) is 5.86. The third kappa shape index (κ3) is 2.69. The Labute approximate surface area is 106 Å². The van der Waals surface area contributed by atoms with E-state index >= 15 is 0 Å². The number of para-hydroxylation sites is 1. The van der Waals surface area contributed by atoms with Crippen LogP contribution in [0.15, 0.2) is 30.5 Å². The number of nitrogens with one attached hydrogen (secondary N) is 2. The molecule has 4 N–H and O–H groups in total. The van der Waals surface area contributed by atoms with Gasteiger partial charge in [0.25, 0.3) is 5.91 Å². The van der Waals surface area contributed by atoms with E-state index in [2.05, 4.69) is 10.4 Å². The molecule has 0 saturated carbocycles. The van der Waals surface area contributed by atoms with Gasteiger partial charge in [-0.3, -0.25) is 10.2 Å². The Balaban J connectivity index is 2.11. The molecule has 0 aliphatic carbocycles. The van der Waals surface area contributed by atoms with Gasteiger partial charge < -0.3 is 10.7 Å². The number of amides is 1. The number of fused-ring (bicyclic) bond motifs is 1. The minimum atomic E-state index is -0.549. The summed E-state index contributed by atoms with van der Waals surface area (Å²) in [5.41, 5.74) is 10.7. The summed E-state index contributed by atoms with van der Waals surface area (Å²) in [4.78, 5) is 14.9. The molecule has 0 spiro atoms. The third-order valence-electron chi connectivity index (χ3n) is 2.79. The number of aromatic amines is 1. The van der Waals surface area contributed by atoms with Crippen LogP contribution in [0.4, 0.5) is 0 Å². The van der Waals surface area contributed by atoms with Gasteiger partial charge in [0.2, 0.25) is 0 Å². The van der Waals surface area contributed by atoms with Crippen LogP contribution in [0.3, 0.4) is 0 Å². The minimum absolute atomic E-state index is 0.176. The van der Waals surface area contributed by atoms with Gasteiger partial charge in [-0.05, 0) is 18.1 Å². The number of hydrogen-bond acceptors (Lipinski definition) is 3. The molecular weight excluding hydrogens is 228 g/mol. The van der Waals surface area contributed by atoms with Crippen LogP contribution < -0.4 is 11.2 Å². The number of nitrogens with two attached hydrogens (primary N) is 1. The third-order valence-corrected chi connectivity index (χ3v) is 2.79. The summed E-state index contributed by atoms with van der Waals surface area (Å²) in [6, 6.07) is 7.43. The largest absolute Gasteiger partial charge is 0.361 e. The Morgan fingerprint density at radius 3 is 2.89 bits per heavy atom. The molecule has 96 valence electrons. The molecule has 0 aliphatic heterocycles. The first kappa shape index (κ1) is 12.6. The molecule has 1 amide bonds. The standard InChI is InChI=1S/C13H18N4O/c1-17(2)16-13(18)11(14)7-9-8-15-12-6-4-3-5-10(9)12/h3-6,8,11,15H,7,14H2,1-2H3,(H,16,18)/t11-/m1/s1. The van der Waals surface area contributed by atoms with E-state index in [0.717, 1.165) is 16.5 Å². The summed E-state index contributed by atoms with van der Waals surface area (Å²) in [5.74, 6) is -0.176. The van der Waals surface area contributed by atoms with Crippen LogP contribution in [-0.2, 0) is 11.2 Å². The van der Waals surface area contributed by atoms with Crippen LogP contribution in [-0.4, -0.2) is 36.0 Å². The van der Waals surface area contributed by atoms with Gasteiger partial charge in [0.15, 0.2) is 0 Å². The highest BCUT2D eigenvalue weighted by molar-refractivity contribution is 5.85. The molecule has 2 aromatic rings. The number of nitrogens with zero attached hydrogens (tertiary/aromatic N) is 1. The summed E-state index contributed by atoms with van der Waals surface area (Å²) < 4.78 is 0. The number of H-pyrrole nitrogens is 1. The number of rotatable bonds is 4. The topological polar surface area (TPSA) is 74.2 Å². The maximum absolute atomic E-state index is 11.7. The van der Waals surface area contributed by atoms with Gasteiger partial charge in [-0.1, -0.05) is 18.2 Å². The average Bonchev–Trinajstić information content (AvgIpc) is 2.72. The molecule has 0 unspecified atom stereocenters. The highest BCUT2D eigenvalue weighted by Gasteiger charge is 2.16. The number of benzene rings is 1. The molecule has 1 aromatic carbocycles. The van der Waals surface area contributed by atoms with E-state index in [0.29, 0.717) is 6.42 Å². The van der Waals surface area contributed by atoms with Gasteiger partial charge >= 0.3 is 0 Å². The van der Waals surface area contributed by atoms with E-state index < -0.39 is 6.04 Å². The lowest BCUT2D eigenvalue weighted by molar-refractivity contribution is -0.126. The fourth-order valence-electron chi connectivity index (χ4n) is 1.93. The van der Waals surface area contributed by atoms with Crippen molar-refractivity contribution in [2.45, 2.75) is 12.5 Å². The van der Waals surface area contributed by atoms with E-state index in [1.807, 2.05) is 30.5 Å². The summed E-state index contributed by atoms with van der Waals surface area (Å²) in [5, 5.41) is 2.71. The quantitative estimate of drug-likeness (QED) is 0.693. The number of hydrogen-bond donors (Lipinski definition) is 3. The Hall–Kier alpha value is -1.85. The van der Waals surface area contributed by atoms with Crippen molar-refractivity contribution in [3.05, 3.63) is 36.0 Å². The van der Waals surface area contributed by atoms with Crippen molar-refractivity contribution in [2.75, 3.05) is 14.1 Å². The Morgan fingerprint density at radius 1 is 1.44 bits per heavy atom. The molecule has 1 aromatic heterocycles. The molecule has 0 bridgehead atoms. The molecule has 0 saturated heterocycles. The van der Waals surface area contributed by atoms with Crippen molar-refractivity contribution in [1.82, 2.24) is 15.4 Å². The van der Waals surface area contributed by atoms with E-state index in [4.69, 9.17) is 5.73 Å². The zero-order chi connectivity index (χ0) is 13.1. The maximum atomic E-state index is 11.7. The van der Waals surface area contributed by atoms with Gasteiger partial charge in [0, 0.05) is 31.2 Å². The molecule has 0 aliphatic rings. The highest BCUT2D eigenvalue weighted by atomic mass is 16.2. The lowest BCUT2D eigenvalue weighted by atomic mass is 10.1. The van der Waals surface area contributed by atoms with E-state index in [1.54, 1.807) is 19.1 Å². The zero-order valence-corrected chi connectivity index (χ0v) is 10.6. The Morgan fingerprint density at radius 2 is 2.17 bits per heavy atom. The second-order valence-electron chi connectivity index (χ2n) is 4.54. The first-order chi connectivity index (χ1) is 8.58. The minimum Gasteiger partial charge on any atom is -0.361 e. The van der Waals surface area contributed by atoms with Crippen LogP contribution in [0, 0.1) is 0 Å². The fourth-order valence-corrected chi connectivity index (χ4v) is 1.93. The van der Waals surface area contributed by atoms with Crippen molar-refractivity contribution in [3.8, 4) is 0 Å². The number of aromatic nitrogens is 1. The molecule has 0 radical (unpaired) electrons. The van der Waals surface area contributed by atoms with Crippen molar-refractivity contribution in [1.29, 1.82) is 0 Å². The molecule has 1 atom stereocenters. The predicted molar refractivity (Wildman–Crippen MR) is 71.8 cm³/mol. The fraction of sp³-hybridized carbons (Fsp3) is 0.308. The van der Waals surface area contributed by atoms with E-state index in [1.165, 1.54) is 0 Å². The van der Waals surface area contributed by atoms with Crippen molar-refractivity contribution in [3.63, 3.8) is 0 Å². The monoisotopic (exact) mass is 246 g/mol. The number of carbonyl (C=O) groups is 1. The maximum Gasteiger partial charge on any atom is 0.251 e. The first-order valence-electron chi connectivity index (χ1n) is 5.86. The van der Waals surface area contributed by atoms with Gasteiger partial charge in [0.05, 0.1) is 6.04 Å². The van der Waals surface area contributed by atoms with Gasteiger partial charge in [-0.25, -0.2) is 5.01 Å². The predicted octanol–water partition coefficient (Wildman–Crippen LogP) is 0.631. The van der Waals surface area contributed by atoms with E-state index in [9.17, 15) is 4.79 Å². The average molecular weight is 246 g/mol. The molecule has 0 fully saturated rings. The van der Waals surface area contributed by atoms with Crippen molar-refractivity contribution in [2.24, 2.45) is 5.73 Å². The summed E-state index contributed by atoms with van der Waals surface area (Å²) >= 11 is 0. The van der Waals surface area contributed by atoms with Crippen LogP contribution >= 0.6 is 0 Å². The lowest BCUT2D eigenvalue weighted by Crippen LogP contribution is -2.47. The molecule has 1 heterocycles. The molecule has 5 heteroatoms. The second kappa shape index (κ2) is 5.20. The van der Waals surface area contributed by atoms with Gasteiger partial charge in [0.1, 0.15) is 0 Å². The number of hydrazine groups is 1. The second-order valence-corrected chi connectivity index (χ2v) is 4.54. The Bertz CT molecular complexity index is 547. The SMILES string of the molecule is CN(C)NC(=O)[C@H](N)Cc1c[nH]c2ccccc12. The van der Waals surface area contributed by atoms with Gasteiger partial charge in [-0.2, -0.15) is 0 Å². The summed E-state index contributed by atoms with van der Waals surface area (Å²) in [7, 11) is 3.52. The Kier molecular flexibility index (Phi) is 3.64. The normalized spacial score (nSPS) is 12.9. The van der Waals surface area contributed by atoms with Crippen LogP contribution in [0.25, 0.3) is 10.9 Å². The van der Waals surface area contributed by atoms with Crippen LogP contribution in [0.1, 0.15) is 5.56 Å². The van der Waals surface area contributed by atoms with E-state index in [-0.39, 0.29) is 5.91 Å². The summed E-state index contributed by atoms with van der Waals surface area (Å²) in [6.45, 7) is 0. The zero-order valence-electron chi connectivity index (χ0n) is 10.6. The van der Waals surface area contributed by atoms with Crippen molar-refractivity contribution < 1.29 is 4.79 Å². The smallest absolute Gasteiger partial charge is 0.251 e. The van der Waals surface area contributed by atoms with Crippen molar-refractivity contribution >= 4 is 16.8 Å². The molecular formula is C13H18N4O. The molecule has 18 heavy (non-hydrogen) atoms. The van der Waals surface area contributed by atoms with Crippen LogP contribution in [0.2, 0.25) is 0 Å². The highest BCUT2D eigenvalue weighted by Crippen LogP contribution is 2.18. The summed E-state index contributed by atoms with van der Waals surface area (Å²) in [6.07, 6.45) is 2.43. The molecule has 2 rings (SSSR count). The van der Waals surface area contributed by atoms with Gasteiger partial charge in [-0.15, -0.1) is 0 Å². The lowest BCUT2D eigenvalue weighted by Gasteiger charge is -2.16. The number of carbonyl (C=O) groups excluding carboxylic acids is 1.